The predicted octanol–water partition coefficient (Wildman–Crippen LogP) is 1.34. The molecule has 0 radical (unpaired) electrons. The number of nitrogens with one attached hydrogen (secondary N) is 1. The van der Waals surface area contributed by atoms with Gasteiger partial charge in [0.1, 0.15) is 0 Å². The van der Waals surface area contributed by atoms with E-state index >= 15 is 0 Å². The zero-order chi connectivity index (χ0) is 15.3. The zero-order valence-electron chi connectivity index (χ0n) is 10.4. The van der Waals surface area contributed by atoms with E-state index in [1.165, 1.54) is 12.1 Å². The molecule has 0 aliphatic heterocycles. The fourth-order valence-corrected chi connectivity index (χ4v) is 2.60. The lowest BCUT2D eigenvalue weighted by Gasteiger charge is -2.09. The van der Waals surface area contributed by atoms with Gasteiger partial charge in [-0.05, 0) is 18.2 Å². The van der Waals surface area contributed by atoms with Crippen LogP contribution in [0.3, 0.4) is 0 Å². The number of carboxylic acid groups (broad SMARTS) is 1. The molecule has 7 nitrogen and oxygen atoms in total. The Balaban J connectivity index is 2.82. The number of hydrogen-bond donors (Lipinski definition) is 2. The van der Waals surface area contributed by atoms with E-state index in [0.717, 1.165) is 13.2 Å². The average Bonchev–Trinajstić information content (AvgIpc) is 2.38. The van der Waals surface area contributed by atoms with Crippen molar-refractivity contribution < 1.29 is 27.9 Å². The maximum atomic E-state index is 11.7. The quantitative estimate of drug-likeness (QED) is 0.765. The van der Waals surface area contributed by atoms with Gasteiger partial charge < -0.3 is 9.84 Å². The Labute approximate surface area is 120 Å². The number of sulfonamides is 1. The predicted molar refractivity (Wildman–Crippen MR) is 72.5 cm³/mol. The summed E-state index contributed by atoms with van der Waals surface area (Å²) in [6.45, 7) is 0. The molecule has 0 saturated carbocycles. The van der Waals surface area contributed by atoms with Crippen molar-refractivity contribution in [2.24, 2.45) is 0 Å². The van der Waals surface area contributed by atoms with Crippen LogP contribution in [0.2, 0.25) is 5.02 Å². The first-order valence-electron chi connectivity index (χ1n) is 5.35. The number of anilines is 1. The van der Waals surface area contributed by atoms with Crippen molar-refractivity contribution in [3.63, 3.8) is 0 Å². The van der Waals surface area contributed by atoms with Crippen molar-refractivity contribution >= 4 is 39.3 Å². The molecule has 9 heteroatoms. The number of hydrogen-bond acceptors (Lipinski definition) is 5. The molecule has 0 aliphatic carbocycles. The summed E-state index contributed by atoms with van der Waals surface area (Å²) < 4.78 is 29.9. The van der Waals surface area contributed by atoms with E-state index in [2.05, 4.69) is 9.46 Å². The summed E-state index contributed by atoms with van der Waals surface area (Å²) in [6.07, 6.45) is -0.295. The highest BCUT2D eigenvalue weighted by atomic mass is 35.5. The Morgan fingerprint density at radius 1 is 1.40 bits per heavy atom. The lowest BCUT2D eigenvalue weighted by molar-refractivity contribution is -0.140. The summed E-state index contributed by atoms with van der Waals surface area (Å²) >= 11 is 5.79. The van der Waals surface area contributed by atoms with E-state index in [1.807, 2.05) is 0 Å². The number of rotatable bonds is 6. The smallest absolute Gasteiger partial charge is 0.335 e. The number of aromatic carboxylic acids is 1. The van der Waals surface area contributed by atoms with Crippen molar-refractivity contribution in [2.75, 3.05) is 17.6 Å². The van der Waals surface area contributed by atoms with Crippen LogP contribution in [0.15, 0.2) is 18.2 Å². The highest BCUT2D eigenvalue weighted by Gasteiger charge is 2.16. The number of carboxylic acids is 1. The van der Waals surface area contributed by atoms with E-state index in [4.69, 9.17) is 16.7 Å². The molecule has 1 aromatic rings. The summed E-state index contributed by atoms with van der Waals surface area (Å²) in [7, 11) is -2.62. The minimum Gasteiger partial charge on any atom is -0.478 e. The largest absolute Gasteiger partial charge is 0.478 e. The first-order chi connectivity index (χ1) is 9.25. The second-order valence-corrected chi connectivity index (χ2v) is 6.00. The summed E-state index contributed by atoms with van der Waals surface area (Å²) in [5.41, 5.74) is -0.0194. The van der Waals surface area contributed by atoms with Crippen molar-refractivity contribution in [3.05, 3.63) is 28.8 Å². The van der Waals surface area contributed by atoms with Gasteiger partial charge in [0.2, 0.25) is 10.0 Å². The molecule has 0 atom stereocenters. The minimum absolute atomic E-state index is 0.0431. The van der Waals surface area contributed by atoms with Gasteiger partial charge in [-0.2, -0.15) is 0 Å². The third-order valence-corrected chi connectivity index (χ3v) is 3.87. The van der Waals surface area contributed by atoms with E-state index in [9.17, 15) is 18.0 Å². The third-order valence-electron chi connectivity index (χ3n) is 2.28. The van der Waals surface area contributed by atoms with Crippen LogP contribution in [0.4, 0.5) is 5.69 Å². The maximum absolute atomic E-state index is 11.7. The fraction of sp³-hybridized carbons (Fsp3) is 0.273. The molecule has 1 rings (SSSR count). The monoisotopic (exact) mass is 321 g/mol. The van der Waals surface area contributed by atoms with Crippen molar-refractivity contribution in [3.8, 4) is 0 Å². The molecular weight excluding hydrogens is 310 g/mol. The highest BCUT2D eigenvalue weighted by Crippen LogP contribution is 2.24. The molecular formula is C11H12ClNO6S. The number of benzene rings is 1. The van der Waals surface area contributed by atoms with Gasteiger partial charge in [-0.3, -0.25) is 9.52 Å². The molecule has 2 N–H and O–H groups in total. The van der Waals surface area contributed by atoms with Crippen LogP contribution >= 0.6 is 11.6 Å². The average molecular weight is 322 g/mol. The van der Waals surface area contributed by atoms with Crippen LogP contribution in [-0.4, -0.2) is 38.3 Å². The Hall–Kier alpha value is -1.80. The summed E-state index contributed by atoms with van der Waals surface area (Å²) in [6, 6.07) is 3.58. The molecule has 0 bridgehead atoms. The Morgan fingerprint density at radius 3 is 2.55 bits per heavy atom. The minimum atomic E-state index is -3.78. The molecule has 0 heterocycles. The molecule has 110 valence electrons. The lowest BCUT2D eigenvalue weighted by atomic mass is 10.2. The van der Waals surface area contributed by atoms with Crippen molar-refractivity contribution in [1.29, 1.82) is 0 Å². The summed E-state index contributed by atoms with van der Waals surface area (Å²) in [4.78, 5) is 21.6. The van der Waals surface area contributed by atoms with Gasteiger partial charge >= 0.3 is 11.9 Å². The molecule has 0 spiro atoms. The molecule has 1 aromatic carbocycles. The van der Waals surface area contributed by atoms with Gasteiger partial charge in [-0.25, -0.2) is 13.2 Å². The number of halogens is 1. The molecule has 0 aromatic heterocycles. The first kappa shape index (κ1) is 16.3. The van der Waals surface area contributed by atoms with Crippen LogP contribution < -0.4 is 4.72 Å². The van der Waals surface area contributed by atoms with Crippen molar-refractivity contribution in [1.82, 2.24) is 0 Å². The number of carbonyl (C=O) groups is 2. The fourth-order valence-electron chi connectivity index (χ4n) is 1.27. The number of methoxy groups -OCH3 is 1. The third kappa shape index (κ3) is 4.71. The Bertz CT molecular complexity index is 628. The van der Waals surface area contributed by atoms with Crippen LogP contribution in [-0.2, 0) is 19.6 Å². The van der Waals surface area contributed by atoms with Gasteiger partial charge in [-0.1, -0.05) is 11.6 Å². The van der Waals surface area contributed by atoms with E-state index in [1.54, 1.807) is 0 Å². The van der Waals surface area contributed by atoms with E-state index < -0.39 is 27.7 Å². The van der Waals surface area contributed by atoms with Gasteiger partial charge in [0.25, 0.3) is 0 Å². The SMILES string of the molecule is COC(=O)CCS(=O)(=O)Nc1ccc(C(=O)O)cc1Cl. The van der Waals surface area contributed by atoms with Gasteiger partial charge in [0.05, 0.1) is 35.6 Å². The normalized spacial score (nSPS) is 10.9. The second-order valence-electron chi connectivity index (χ2n) is 3.75. The molecule has 0 aliphatic rings. The summed E-state index contributed by atoms with van der Waals surface area (Å²) in [5.74, 6) is -2.29. The van der Waals surface area contributed by atoms with E-state index in [-0.39, 0.29) is 22.7 Å². The van der Waals surface area contributed by atoms with Crippen LogP contribution in [0.1, 0.15) is 16.8 Å². The lowest BCUT2D eigenvalue weighted by Crippen LogP contribution is -2.19. The molecule has 0 unspecified atom stereocenters. The number of ether oxygens (including phenoxy) is 1. The molecule has 0 amide bonds. The maximum Gasteiger partial charge on any atom is 0.335 e. The standard InChI is InChI=1S/C11H12ClNO6S/c1-19-10(14)4-5-20(17,18)13-9-3-2-7(11(15)16)6-8(9)12/h2-3,6,13H,4-5H2,1H3,(H,15,16). The molecule has 0 saturated heterocycles. The first-order valence-corrected chi connectivity index (χ1v) is 7.38. The Kier molecular flexibility index (Phi) is 5.34. The number of carbonyl (C=O) groups excluding carboxylic acids is 1. The highest BCUT2D eigenvalue weighted by molar-refractivity contribution is 7.92. The van der Waals surface area contributed by atoms with Crippen LogP contribution in [0, 0.1) is 0 Å². The molecule has 0 fully saturated rings. The van der Waals surface area contributed by atoms with E-state index in [0.29, 0.717) is 0 Å². The van der Waals surface area contributed by atoms with Crippen LogP contribution in [0.5, 0.6) is 0 Å². The number of esters is 1. The van der Waals surface area contributed by atoms with Gasteiger partial charge in [0.15, 0.2) is 0 Å². The van der Waals surface area contributed by atoms with Crippen LogP contribution in [0.25, 0.3) is 0 Å². The zero-order valence-corrected chi connectivity index (χ0v) is 12.0. The topological polar surface area (TPSA) is 110 Å². The van der Waals surface area contributed by atoms with Crippen molar-refractivity contribution in [2.45, 2.75) is 6.42 Å². The second kappa shape index (κ2) is 6.58. The van der Waals surface area contributed by atoms with Gasteiger partial charge in [0, 0.05) is 0 Å². The molecule has 20 heavy (non-hydrogen) atoms. The Morgan fingerprint density at radius 2 is 2.05 bits per heavy atom. The van der Waals surface area contributed by atoms with Gasteiger partial charge in [-0.15, -0.1) is 0 Å². The summed E-state index contributed by atoms with van der Waals surface area (Å²) in [5, 5.41) is 8.71.